The summed E-state index contributed by atoms with van der Waals surface area (Å²) >= 11 is 0. The Labute approximate surface area is 144 Å². The van der Waals surface area contributed by atoms with Crippen LogP contribution in [0.2, 0.25) is 0 Å². The average Bonchev–Trinajstić information content (AvgIpc) is 2.46. The zero-order valence-corrected chi connectivity index (χ0v) is 15.9. The van der Waals surface area contributed by atoms with Gasteiger partial charge in [-0.25, -0.2) is 8.42 Å². The molecular weight excluding hydrogens is 322 g/mol. The smallest absolute Gasteiger partial charge is 0.262 e. The van der Waals surface area contributed by atoms with Gasteiger partial charge in [0.25, 0.3) is 10.0 Å². The largest absolute Gasteiger partial charge is 0.495 e. The molecule has 0 radical (unpaired) electrons. The summed E-state index contributed by atoms with van der Waals surface area (Å²) in [5, 5.41) is 0. The minimum Gasteiger partial charge on any atom is -0.495 e. The fourth-order valence-electron chi connectivity index (χ4n) is 2.46. The van der Waals surface area contributed by atoms with Crippen molar-refractivity contribution in [2.45, 2.75) is 44.9 Å². The fraction of sp³-hybridized carbons (Fsp3) is 0.368. The maximum atomic E-state index is 12.9. The van der Waals surface area contributed by atoms with Crippen LogP contribution in [0.3, 0.4) is 0 Å². The molecular formula is C19H25NO3S. The number of hydrogen-bond donors (Lipinski definition) is 1. The van der Waals surface area contributed by atoms with Crippen LogP contribution >= 0.6 is 0 Å². The minimum absolute atomic E-state index is 0.126. The van der Waals surface area contributed by atoms with E-state index >= 15 is 0 Å². The van der Waals surface area contributed by atoms with Crippen LogP contribution in [-0.4, -0.2) is 15.5 Å². The second-order valence-corrected chi connectivity index (χ2v) is 8.69. The lowest BCUT2D eigenvalue weighted by molar-refractivity contribution is 0.417. The Morgan fingerprint density at radius 2 is 1.67 bits per heavy atom. The van der Waals surface area contributed by atoms with E-state index in [1.165, 1.54) is 7.11 Å². The summed E-state index contributed by atoms with van der Waals surface area (Å²) in [5.74, 6) is 0.494. The number of anilines is 1. The SMILES string of the molecule is COc1ccc(C)cc1NS(=O)(=O)c1cc(C(C)(C)C)ccc1C. The van der Waals surface area contributed by atoms with Crippen molar-refractivity contribution in [1.29, 1.82) is 0 Å². The van der Waals surface area contributed by atoms with Gasteiger partial charge in [0.1, 0.15) is 5.75 Å². The van der Waals surface area contributed by atoms with Gasteiger partial charge < -0.3 is 4.74 Å². The molecule has 0 amide bonds. The maximum absolute atomic E-state index is 12.9. The lowest BCUT2D eigenvalue weighted by atomic mass is 9.87. The van der Waals surface area contributed by atoms with E-state index in [9.17, 15) is 8.42 Å². The van der Waals surface area contributed by atoms with Gasteiger partial charge in [0.15, 0.2) is 0 Å². The van der Waals surface area contributed by atoms with Crippen LogP contribution in [0.25, 0.3) is 0 Å². The van der Waals surface area contributed by atoms with Crippen molar-refractivity contribution in [3.63, 3.8) is 0 Å². The number of nitrogens with one attached hydrogen (secondary N) is 1. The molecule has 130 valence electrons. The Hall–Kier alpha value is -2.01. The quantitative estimate of drug-likeness (QED) is 0.891. The maximum Gasteiger partial charge on any atom is 0.262 e. The first-order valence-corrected chi connectivity index (χ1v) is 9.31. The molecule has 0 heterocycles. The second-order valence-electron chi connectivity index (χ2n) is 7.04. The number of sulfonamides is 1. The summed E-state index contributed by atoms with van der Waals surface area (Å²) in [6.07, 6.45) is 0. The molecule has 0 aliphatic heterocycles. The highest BCUT2D eigenvalue weighted by atomic mass is 32.2. The van der Waals surface area contributed by atoms with Crippen molar-refractivity contribution >= 4 is 15.7 Å². The molecule has 2 aromatic carbocycles. The predicted octanol–water partition coefficient (Wildman–Crippen LogP) is 4.41. The molecule has 0 fully saturated rings. The first kappa shape index (κ1) is 18.3. The van der Waals surface area contributed by atoms with Gasteiger partial charge in [-0.1, -0.05) is 39.0 Å². The van der Waals surface area contributed by atoms with E-state index in [1.54, 1.807) is 25.1 Å². The number of benzene rings is 2. The Bertz CT molecular complexity index is 849. The Kier molecular flexibility index (Phi) is 4.95. The molecule has 0 spiro atoms. The van der Waals surface area contributed by atoms with Gasteiger partial charge in [0, 0.05) is 0 Å². The average molecular weight is 347 g/mol. The third-order valence-electron chi connectivity index (χ3n) is 3.94. The third-order valence-corrected chi connectivity index (χ3v) is 5.45. The highest BCUT2D eigenvalue weighted by Gasteiger charge is 2.22. The Morgan fingerprint density at radius 1 is 1.00 bits per heavy atom. The Balaban J connectivity index is 2.50. The molecule has 4 nitrogen and oxygen atoms in total. The number of rotatable bonds is 4. The van der Waals surface area contributed by atoms with Gasteiger partial charge >= 0.3 is 0 Å². The van der Waals surface area contributed by atoms with Crippen LogP contribution < -0.4 is 9.46 Å². The summed E-state index contributed by atoms with van der Waals surface area (Å²) in [6.45, 7) is 9.89. The normalized spacial score (nSPS) is 12.1. The van der Waals surface area contributed by atoms with E-state index in [0.29, 0.717) is 21.9 Å². The van der Waals surface area contributed by atoms with Crippen LogP contribution in [0.4, 0.5) is 5.69 Å². The third kappa shape index (κ3) is 3.90. The van der Waals surface area contributed by atoms with Crippen molar-refractivity contribution in [2.24, 2.45) is 0 Å². The van der Waals surface area contributed by atoms with E-state index in [0.717, 1.165) is 11.1 Å². The number of ether oxygens (including phenoxy) is 1. The van der Waals surface area contributed by atoms with E-state index in [-0.39, 0.29) is 5.41 Å². The molecule has 0 unspecified atom stereocenters. The zero-order chi connectivity index (χ0) is 18.1. The topological polar surface area (TPSA) is 55.4 Å². The van der Waals surface area contributed by atoms with E-state index in [1.807, 2.05) is 25.1 Å². The summed E-state index contributed by atoms with van der Waals surface area (Å²) in [7, 11) is -2.18. The van der Waals surface area contributed by atoms with Crippen molar-refractivity contribution in [1.82, 2.24) is 0 Å². The predicted molar refractivity (Wildman–Crippen MR) is 98.4 cm³/mol. The molecule has 2 rings (SSSR count). The van der Waals surface area contributed by atoms with Crippen molar-refractivity contribution < 1.29 is 13.2 Å². The molecule has 2 aromatic rings. The van der Waals surface area contributed by atoms with Gasteiger partial charge in [-0.05, 0) is 54.2 Å². The number of hydrogen-bond acceptors (Lipinski definition) is 3. The van der Waals surface area contributed by atoms with E-state index in [4.69, 9.17) is 4.74 Å². The molecule has 0 saturated heterocycles. The zero-order valence-electron chi connectivity index (χ0n) is 15.1. The van der Waals surface area contributed by atoms with Gasteiger partial charge in [-0.2, -0.15) is 0 Å². The fourth-order valence-corrected chi connectivity index (χ4v) is 3.79. The van der Waals surface area contributed by atoms with Gasteiger partial charge in [-0.3, -0.25) is 4.72 Å². The van der Waals surface area contributed by atoms with Crippen LogP contribution in [0, 0.1) is 13.8 Å². The van der Waals surface area contributed by atoms with E-state index in [2.05, 4.69) is 25.5 Å². The molecule has 24 heavy (non-hydrogen) atoms. The molecule has 0 aliphatic rings. The number of aryl methyl sites for hydroxylation is 2. The summed E-state index contributed by atoms with van der Waals surface area (Å²) in [4.78, 5) is 0.290. The molecule has 0 saturated carbocycles. The summed E-state index contributed by atoms with van der Waals surface area (Å²) in [6, 6.07) is 11.0. The van der Waals surface area contributed by atoms with Crippen LogP contribution in [0.1, 0.15) is 37.5 Å². The minimum atomic E-state index is -3.71. The molecule has 0 aliphatic carbocycles. The highest BCUT2D eigenvalue weighted by molar-refractivity contribution is 7.92. The van der Waals surface area contributed by atoms with Gasteiger partial charge in [0.05, 0.1) is 17.7 Å². The van der Waals surface area contributed by atoms with Crippen LogP contribution in [0.15, 0.2) is 41.3 Å². The van der Waals surface area contributed by atoms with E-state index < -0.39 is 10.0 Å². The monoisotopic (exact) mass is 347 g/mol. The van der Waals surface area contributed by atoms with Crippen molar-refractivity contribution in [3.8, 4) is 5.75 Å². The van der Waals surface area contributed by atoms with Crippen molar-refractivity contribution in [2.75, 3.05) is 11.8 Å². The summed E-state index contributed by atoms with van der Waals surface area (Å²) in [5.41, 5.74) is 2.96. The standard InChI is InChI=1S/C19H25NO3S/c1-13-7-10-17(23-6)16(11-13)20-24(21,22)18-12-15(19(3,4)5)9-8-14(18)2/h7-12,20H,1-6H3. The second kappa shape index (κ2) is 6.48. The molecule has 0 aromatic heterocycles. The first-order valence-electron chi connectivity index (χ1n) is 7.83. The van der Waals surface area contributed by atoms with Gasteiger partial charge in [0.2, 0.25) is 0 Å². The Morgan fingerprint density at radius 3 is 2.25 bits per heavy atom. The highest BCUT2D eigenvalue weighted by Crippen LogP contribution is 2.31. The molecule has 5 heteroatoms. The van der Waals surface area contributed by atoms with Crippen LogP contribution in [0.5, 0.6) is 5.75 Å². The molecule has 0 bridgehead atoms. The molecule has 1 N–H and O–H groups in total. The lowest BCUT2D eigenvalue weighted by Gasteiger charge is -2.21. The molecule has 0 atom stereocenters. The first-order chi connectivity index (χ1) is 11.0. The lowest BCUT2D eigenvalue weighted by Crippen LogP contribution is -2.17. The van der Waals surface area contributed by atoms with Gasteiger partial charge in [-0.15, -0.1) is 0 Å². The van der Waals surface area contributed by atoms with Crippen molar-refractivity contribution in [3.05, 3.63) is 53.1 Å². The summed E-state index contributed by atoms with van der Waals surface area (Å²) < 4.78 is 33.8. The van der Waals surface area contributed by atoms with Crippen LogP contribution in [-0.2, 0) is 15.4 Å². The number of methoxy groups -OCH3 is 1.